The second-order valence-electron chi connectivity index (χ2n) is 4.16. The van der Waals surface area contributed by atoms with Gasteiger partial charge in [0.1, 0.15) is 5.75 Å². The fourth-order valence-electron chi connectivity index (χ4n) is 1.80. The van der Waals surface area contributed by atoms with Gasteiger partial charge in [-0.1, -0.05) is 47.5 Å². The Labute approximate surface area is 123 Å². The predicted octanol–water partition coefficient (Wildman–Crippen LogP) is 4.29. The minimum absolute atomic E-state index is 0.625. The minimum atomic E-state index is 0.625. The highest BCUT2D eigenvalue weighted by molar-refractivity contribution is 6.32. The van der Waals surface area contributed by atoms with E-state index in [0.29, 0.717) is 10.8 Å². The van der Waals surface area contributed by atoms with E-state index in [1.165, 1.54) is 0 Å². The van der Waals surface area contributed by atoms with Crippen LogP contribution in [0.1, 0.15) is 11.1 Å². The summed E-state index contributed by atoms with van der Waals surface area (Å²) in [6, 6.07) is 13.6. The number of nitrogens with one attached hydrogen (secondary N) is 1. The maximum Gasteiger partial charge on any atom is 0.137 e. The zero-order chi connectivity index (χ0) is 13.7. The first-order chi connectivity index (χ1) is 9.20. The standard InChI is InChI=1S/C15H15Cl2NO/c1-19-15-7-6-11(8-14(15)17)9-18-10-12-4-2-3-5-13(12)16/h2-8,18H,9-10H2,1H3. The van der Waals surface area contributed by atoms with Crippen molar-refractivity contribution in [1.82, 2.24) is 5.32 Å². The molecular formula is C15H15Cl2NO. The SMILES string of the molecule is COc1ccc(CNCc2ccccc2Cl)cc1Cl. The van der Waals surface area contributed by atoms with Gasteiger partial charge in [0.2, 0.25) is 0 Å². The molecule has 0 aliphatic rings. The third kappa shape index (κ3) is 3.87. The predicted molar refractivity (Wildman–Crippen MR) is 80.0 cm³/mol. The maximum absolute atomic E-state index is 6.09. The Hall–Kier alpha value is -1.22. The molecule has 0 heterocycles. The Morgan fingerprint density at radius 3 is 2.47 bits per heavy atom. The van der Waals surface area contributed by atoms with Gasteiger partial charge in [0.15, 0.2) is 0 Å². The van der Waals surface area contributed by atoms with E-state index in [4.69, 9.17) is 27.9 Å². The van der Waals surface area contributed by atoms with Gasteiger partial charge in [-0.3, -0.25) is 0 Å². The molecule has 0 atom stereocenters. The molecule has 1 N–H and O–H groups in total. The lowest BCUT2D eigenvalue weighted by molar-refractivity contribution is 0.415. The molecule has 100 valence electrons. The topological polar surface area (TPSA) is 21.3 Å². The van der Waals surface area contributed by atoms with E-state index < -0.39 is 0 Å². The summed E-state index contributed by atoms with van der Waals surface area (Å²) < 4.78 is 5.12. The van der Waals surface area contributed by atoms with Crippen LogP contribution < -0.4 is 10.1 Å². The molecule has 2 aromatic rings. The van der Waals surface area contributed by atoms with Crippen LogP contribution in [0.2, 0.25) is 10.0 Å². The van der Waals surface area contributed by atoms with Crippen LogP contribution in [0.15, 0.2) is 42.5 Å². The highest BCUT2D eigenvalue weighted by atomic mass is 35.5. The summed E-state index contributed by atoms with van der Waals surface area (Å²) >= 11 is 12.2. The Morgan fingerprint density at radius 2 is 1.79 bits per heavy atom. The van der Waals surface area contributed by atoms with Gasteiger partial charge in [0, 0.05) is 18.1 Å². The van der Waals surface area contributed by atoms with Gasteiger partial charge in [-0.15, -0.1) is 0 Å². The average molecular weight is 296 g/mol. The van der Waals surface area contributed by atoms with E-state index in [1.807, 2.05) is 42.5 Å². The van der Waals surface area contributed by atoms with Crippen LogP contribution in [-0.2, 0) is 13.1 Å². The third-order valence-electron chi connectivity index (χ3n) is 2.82. The number of hydrogen-bond acceptors (Lipinski definition) is 2. The largest absolute Gasteiger partial charge is 0.495 e. The van der Waals surface area contributed by atoms with E-state index in [0.717, 1.165) is 29.2 Å². The van der Waals surface area contributed by atoms with Crippen LogP contribution >= 0.6 is 23.2 Å². The van der Waals surface area contributed by atoms with Crippen molar-refractivity contribution in [2.45, 2.75) is 13.1 Å². The number of benzene rings is 2. The van der Waals surface area contributed by atoms with Gasteiger partial charge in [-0.05, 0) is 29.3 Å². The molecule has 4 heteroatoms. The zero-order valence-corrected chi connectivity index (χ0v) is 12.1. The van der Waals surface area contributed by atoms with E-state index in [9.17, 15) is 0 Å². The molecule has 0 bridgehead atoms. The van der Waals surface area contributed by atoms with Gasteiger partial charge in [0.25, 0.3) is 0 Å². The molecule has 0 unspecified atom stereocenters. The lowest BCUT2D eigenvalue weighted by atomic mass is 10.2. The van der Waals surface area contributed by atoms with Crippen LogP contribution in [0.25, 0.3) is 0 Å². The first kappa shape index (κ1) is 14.2. The Balaban J connectivity index is 1.93. The van der Waals surface area contributed by atoms with Gasteiger partial charge in [-0.2, -0.15) is 0 Å². The third-order valence-corrected chi connectivity index (χ3v) is 3.48. The second kappa shape index (κ2) is 6.80. The molecule has 19 heavy (non-hydrogen) atoms. The number of halogens is 2. The van der Waals surface area contributed by atoms with Crippen LogP contribution in [0.5, 0.6) is 5.75 Å². The summed E-state index contributed by atoms with van der Waals surface area (Å²) in [7, 11) is 1.61. The molecule has 0 amide bonds. The molecule has 0 saturated carbocycles. The summed E-state index contributed by atoms with van der Waals surface area (Å²) in [4.78, 5) is 0. The summed E-state index contributed by atoms with van der Waals surface area (Å²) in [5.74, 6) is 0.691. The number of hydrogen-bond donors (Lipinski definition) is 1. The summed E-state index contributed by atoms with van der Waals surface area (Å²) in [5.41, 5.74) is 2.20. The monoisotopic (exact) mass is 295 g/mol. The van der Waals surface area contributed by atoms with Crippen molar-refractivity contribution >= 4 is 23.2 Å². The Kier molecular flexibility index (Phi) is 5.08. The highest BCUT2D eigenvalue weighted by Gasteiger charge is 2.02. The van der Waals surface area contributed by atoms with Crippen molar-refractivity contribution in [3.05, 3.63) is 63.6 Å². The summed E-state index contributed by atoms with van der Waals surface area (Å²) in [6.45, 7) is 1.46. The molecule has 0 aliphatic carbocycles. The lowest BCUT2D eigenvalue weighted by Gasteiger charge is -2.08. The smallest absolute Gasteiger partial charge is 0.137 e. The van der Waals surface area contributed by atoms with E-state index in [1.54, 1.807) is 7.11 Å². The van der Waals surface area contributed by atoms with E-state index in [-0.39, 0.29) is 0 Å². The maximum atomic E-state index is 6.09. The van der Waals surface area contributed by atoms with Crippen LogP contribution in [-0.4, -0.2) is 7.11 Å². The number of rotatable bonds is 5. The normalized spacial score (nSPS) is 10.5. The van der Waals surface area contributed by atoms with Gasteiger partial charge in [-0.25, -0.2) is 0 Å². The van der Waals surface area contributed by atoms with Crippen molar-refractivity contribution in [1.29, 1.82) is 0 Å². The molecule has 0 spiro atoms. The van der Waals surface area contributed by atoms with E-state index >= 15 is 0 Å². The number of methoxy groups -OCH3 is 1. The summed E-state index contributed by atoms with van der Waals surface area (Å²) in [5, 5.41) is 4.74. The Morgan fingerprint density at radius 1 is 1.00 bits per heavy atom. The molecule has 2 nitrogen and oxygen atoms in total. The fraction of sp³-hybridized carbons (Fsp3) is 0.200. The molecule has 0 fully saturated rings. The van der Waals surface area contributed by atoms with Gasteiger partial charge in [0.05, 0.1) is 12.1 Å². The van der Waals surface area contributed by atoms with Crippen LogP contribution in [0, 0.1) is 0 Å². The molecule has 0 radical (unpaired) electrons. The van der Waals surface area contributed by atoms with Crippen molar-refractivity contribution < 1.29 is 4.74 Å². The molecule has 0 aliphatic heterocycles. The first-order valence-electron chi connectivity index (χ1n) is 5.97. The molecular weight excluding hydrogens is 281 g/mol. The van der Waals surface area contributed by atoms with Crippen molar-refractivity contribution in [2.24, 2.45) is 0 Å². The quantitative estimate of drug-likeness (QED) is 0.888. The molecule has 0 saturated heterocycles. The number of ether oxygens (including phenoxy) is 1. The molecule has 2 aromatic carbocycles. The van der Waals surface area contributed by atoms with Crippen molar-refractivity contribution in [2.75, 3.05) is 7.11 Å². The highest BCUT2D eigenvalue weighted by Crippen LogP contribution is 2.24. The fourth-order valence-corrected chi connectivity index (χ4v) is 2.29. The van der Waals surface area contributed by atoms with Crippen LogP contribution in [0.3, 0.4) is 0 Å². The average Bonchev–Trinajstić information content (AvgIpc) is 2.41. The lowest BCUT2D eigenvalue weighted by Crippen LogP contribution is -2.12. The first-order valence-corrected chi connectivity index (χ1v) is 6.73. The van der Waals surface area contributed by atoms with Gasteiger partial charge < -0.3 is 10.1 Å². The summed E-state index contributed by atoms with van der Waals surface area (Å²) in [6.07, 6.45) is 0. The van der Waals surface area contributed by atoms with Crippen molar-refractivity contribution in [3.8, 4) is 5.75 Å². The Bertz CT molecular complexity index is 558. The second-order valence-corrected chi connectivity index (χ2v) is 4.98. The molecule has 0 aromatic heterocycles. The minimum Gasteiger partial charge on any atom is -0.495 e. The van der Waals surface area contributed by atoms with Crippen molar-refractivity contribution in [3.63, 3.8) is 0 Å². The van der Waals surface area contributed by atoms with E-state index in [2.05, 4.69) is 5.32 Å². The van der Waals surface area contributed by atoms with Crippen LogP contribution in [0.4, 0.5) is 0 Å². The van der Waals surface area contributed by atoms with Gasteiger partial charge >= 0.3 is 0 Å². The molecule has 2 rings (SSSR count). The zero-order valence-electron chi connectivity index (χ0n) is 10.6.